The van der Waals surface area contributed by atoms with Gasteiger partial charge in [-0.15, -0.1) is 0 Å². The van der Waals surface area contributed by atoms with E-state index >= 15 is 0 Å². The summed E-state index contributed by atoms with van der Waals surface area (Å²) in [6.45, 7) is -1.29. The Bertz CT molecular complexity index is 356. The van der Waals surface area contributed by atoms with Crippen LogP contribution in [0, 0.1) is 0 Å². The van der Waals surface area contributed by atoms with Crippen molar-refractivity contribution in [2.24, 2.45) is 0 Å². The number of rotatable bonds is 14. The van der Waals surface area contributed by atoms with Crippen molar-refractivity contribution < 1.29 is 48.3 Å². The average molecular weight is 384 g/mol. The molecule has 2 atom stereocenters. The Morgan fingerprint density at radius 1 is 0.840 bits per heavy atom. The van der Waals surface area contributed by atoms with Crippen molar-refractivity contribution >= 4 is 20.5 Å². The molecule has 0 spiro atoms. The number of esters is 2. The highest BCUT2D eigenvalue weighted by molar-refractivity contribution is 6.67. The van der Waals surface area contributed by atoms with Gasteiger partial charge in [0.1, 0.15) is 0 Å². The lowest BCUT2D eigenvalue weighted by Crippen LogP contribution is -2.40. The molecule has 0 amide bonds. The minimum Gasteiger partial charge on any atom is -0.464 e. The van der Waals surface area contributed by atoms with Crippen molar-refractivity contribution in [2.45, 2.75) is 37.1 Å². The van der Waals surface area contributed by atoms with Gasteiger partial charge in [0.05, 0.1) is 26.4 Å². The lowest BCUT2D eigenvalue weighted by atomic mass is 10.4. The van der Waals surface area contributed by atoms with Crippen molar-refractivity contribution in [3.05, 3.63) is 0 Å². The molecule has 11 heteroatoms. The molecule has 0 radical (unpaired) electrons. The highest BCUT2D eigenvalue weighted by Gasteiger charge is 2.34. The molecule has 0 aliphatic heterocycles. The summed E-state index contributed by atoms with van der Waals surface area (Å²) in [6, 6.07) is 1.02. The quantitative estimate of drug-likeness (QED) is 0.155. The van der Waals surface area contributed by atoms with Crippen LogP contribution in [0.5, 0.6) is 0 Å². The van der Waals surface area contributed by atoms with Gasteiger partial charge in [-0.2, -0.15) is 0 Å². The first-order valence-corrected chi connectivity index (χ1v) is 10.1. The van der Waals surface area contributed by atoms with Crippen LogP contribution >= 0.6 is 0 Å². The van der Waals surface area contributed by atoms with Gasteiger partial charge in [0.15, 0.2) is 12.2 Å². The summed E-state index contributed by atoms with van der Waals surface area (Å²) in [5.41, 5.74) is 0. The molecule has 0 saturated heterocycles. The highest BCUT2D eigenvalue weighted by Crippen LogP contribution is 2.21. The molecule has 0 aromatic heterocycles. The topological polar surface area (TPSA) is 152 Å². The fraction of sp³-hybridized carbons (Fsp3) is 0.857. The summed E-state index contributed by atoms with van der Waals surface area (Å²) in [5.74, 6) is -1.78. The van der Waals surface area contributed by atoms with E-state index < -0.39 is 45.9 Å². The number of carbonyl (C=O) groups is 2. The minimum absolute atomic E-state index is 0.0506. The van der Waals surface area contributed by atoms with Gasteiger partial charge in [0.25, 0.3) is 0 Å². The Morgan fingerprint density at radius 3 is 1.48 bits per heavy atom. The summed E-state index contributed by atoms with van der Waals surface area (Å²) in [5, 5.41) is 35.4. The second-order valence-electron chi connectivity index (χ2n) is 5.26. The second kappa shape index (κ2) is 13.2. The number of carbonyl (C=O) groups excluding carboxylic acids is 2. The zero-order chi connectivity index (χ0) is 19.3. The van der Waals surface area contributed by atoms with Crippen LogP contribution in [0.15, 0.2) is 0 Å². The Labute approximate surface area is 147 Å². The van der Waals surface area contributed by atoms with Crippen molar-refractivity contribution in [1.29, 1.82) is 0 Å². The fourth-order valence-corrected chi connectivity index (χ4v) is 4.59. The van der Waals surface area contributed by atoms with Crippen LogP contribution in [-0.4, -0.2) is 93.8 Å². The molecular weight excluding hydrogens is 356 g/mol. The molecule has 0 bridgehead atoms. The zero-order valence-electron chi connectivity index (χ0n) is 14.5. The molecule has 0 aliphatic carbocycles. The third-order valence-corrected chi connectivity index (χ3v) is 7.25. The number of hydrogen-bond donors (Lipinski definition) is 4. The molecule has 148 valence electrons. The standard InChI is InChI=1S/C14H28O10Si/c1-21-25(22-2,7-3-5-23-13(19)11(17)9-15)8-4-6-24-14(20)12(18)10-16/h11-12,15-18H,3-10H2,1-2H3. The maximum atomic E-state index is 11.2. The number of aliphatic hydroxyl groups is 4. The fourth-order valence-electron chi connectivity index (χ4n) is 1.99. The van der Waals surface area contributed by atoms with Crippen molar-refractivity contribution in [2.75, 3.05) is 40.6 Å². The lowest BCUT2D eigenvalue weighted by Gasteiger charge is -2.27. The van der Waals surface area contributed by atoms with Gasteiger partial charge in [-0.05, 0) is 24.9 Å². The van der Waals surface area contributed by atoms with E-state index in [9.17, 15) is 9.59 Å². The van der Waals surface area contributed by atoms with E-state index in [1.54, 1.807) is 0 Å². The van der Waals surface area contributed by atoms with Crippen LogP contribution in [0.25, 0.3) is 0 Å². The average Bonchev–Trinajstić information content (AvgIpc) is 2.65. The molecule has 2 unspecified atom stereocenters. The van der Waals surface area contributed by atoms with Gasteiger partial charge >= 0.3 is 20.5 Å². The molecule has 10 nitrogen and oxygen atoms in total. The molecular formula is C14H28O10Si. The van der Waals surface area contributed by atoms with Gasteiger partial charge in [-0.25, -0.2) is 9.59 Å². The summed E-state index contributed by atoms with van der Waals surface area (Å²) < 4.78 is 20.6. The highest BCUT2D eigenvalue weighted by atomic mass is 28.4. The summed E-state index contributed by atoms with van der Waals surface area (Å²) in [7, 11) is 0.461. The molecule has 0 aliphatic rings. The van der Waals surface area contributed by atoms with Gasteiger partial charge in [0.2, 0.25) is 0 Å². The molecule has 0 fully saturated rings. The second-order valence-corrected chi connectivity index (χ2v) is 8.90. The third kappa shape index (κ3) is 9.25. The lowest BCUT2D eigenvalue weighted by molar-refractivity contribution is -0.156. The Kier molecular flexibility index (Phi) is 12.6. The first-order chi connectivity index (χ1) is 11.9. The number of hydrogen-bond acceptors (Lipinski definition) is 10. The van der Waals surface area contributed by atoms with Crippen molar-refractivity contribution in [3.63, 3.8) is 0 Å². The summed E-state index contributed by atoms with van der Waals surface area (Å²) >= 11 is 0. The molecule has 4 N–H and O–H groups in total. The largest absolute Gasteiger partial charge is 0.464 e. The maximum Gasteiger partial charge on any atom is 0.337 e. The Morgan fingerprint density at radius 2 is 1.20 bits per heavy atom. The van der Waals surface area contributed by atoms with Crippen LogP contribution in [0.3, 0.4) is 0 Å². The van der Waals surface area contributed by atoms with Gasteiger partial charge < -0.3 is 38.8 Å². The van der Waals surface area contributed by atoms with Crippen LogP contribution in [0.1, 0.15) is 12.8 Å². The number of aliphatic hydroxyl groups excluding tert-OH is 4. The molecule has 0 aromatic carbocycles. The zero-order valence-corrected chi connectivity index (χ0v) is 15.5. The summed E-state index contributed by atoms with van der Waals surface area (Å²) in [4.78, 5) is 22.4. The van der Waals surface area contributed by atoms with E-state index in [-0.39, 0.29) is 13.2 Å². The van der Waals surface area contributed by atoms with Crippen LogP contribution in [0.2, 0.25) is 12.1 Å². The van der Waals surface area contributed by atoms with Crippen LogP contribution < -0.4 is 0 Å². The number of ether oxygens (including phenoxy) is 2. The first kappa shape index (κ1) is 23.9. The van der Waals surface area contributed by atoms with E-state index in [1.165, 1.54) is 14.2 Å². The van der Waals surface area contributed by atoms with Crippen molar-refractivity contribution in [1.82, 2.24) is 0 Å². The minimum atomic E-state index is -2.56. The Balaban J connectivity index is 4.19. The predicted octanol–water partition coefficient (Wildman–Crippen LogP) is -1.71. The first-order valence-electron chi connectivity index (χ1n) is 7.87. The monoisotopic (exact) mass is 384 g/mol. The van der Waals surface area contributed by atoms with Gasteiger partial charge in [-0.1, -0.05) is 0 Å². The molecule has 0 rings (SSSR count). The maximum absolute atomic E-state index is 11.2. The van der Waals surface area contributed by atoms with Crippen molar-refractivity contribution in [3.8, 4) is 0 Å². The smallest absolute Gasteiger partial charge is 0.337 e. The van der Waals surface area contributed by atoms with E-state index in [2.05, 4.69) is 0 Å². The van der Waals surface area contributed by atoms with Crippen LogP contribution in [0.4, 0.5) is 0 Å². The van der Waals surface area contributed by atoms with E-state index in [4.69, 9.17) is 38.8 Å². The predicted molar refractivity (Wildman–Crippen MR) is 86.7 cm³/mol. The van der Waals surface area contributed by atoms with Crippen LogP contribution in [-0.2, 0) is 27.9 Å². The Hall–Kier alpha value is -1.08. The van der Waals surface area contributed by atoms with E-state index in [0.29, 0.717) is 24.9 Å². The normalized spacial score (nSPS) is 14.0. The van der Waals surface area contributed by atoms with E-state index in [1.807, 2.05) is 0 Å². The SMILES string of the molecule is CO[Si](CCCOC(=O)C(O)CO)(CCCOC(=O)C(O)CO)OC. The van der Waals surface area contributed by atoms with E-state index in [0.717, 1.165) is 0 Å². The van der Waals surface area contributed by atoms with Gasteiger partial charge in [0, 0.05) is 14.2 Å². The molecule has 0 saturated carbocycles. The molecule has 0 heterocycles. The molecule has 25 heavy (non-hydrogen) atoms. The third-order valence-electron chi connectivity index (χ3n) is 3.53. The van der Waals surface area contributed by atoms with Gasteiger partial charge in [-0.3, -0.25) is 0 Å². The molecule has 0 aromatic rings. The summed E-state index contributed by atoms with van der Waals surface area (Å²) in [6.07, 6.45) is -2.20.